The molecule has 1 amide bonds. The molecule has 20 heavy (non-hydrogen) atoms. The molecule has 3 N–H and O–H groups in total. The third-order valence-electron chi connectivity index (χ3n) is 2.95. The molecule has 0 saturated carbocycles. The van der Waals surface area contributed by atoms with Crippen LogP contribution < -0.4 is 11.1 Å². The molecule has 1 aromatic rings. The number of aromatic nitrogens is 2. The molecule has 0 bridgehead atoms. The van der Waals surface area contributed by atoms with E-state index in [0.717, 1.165) is 26.2 Å². The highest BCUT2D eigenvalue weighted by molar-refractivity contribution is 5.91. The predicted molar refractivity (Wildman–Crippen MR) is 78.5 cm³/mol. The molecule has 0 aliphatic carbocycles. The van der Waals surface area contributed by atoms with E-state index < -0.39 is 0 Å². The number of nitrogens with zero attached hydrogens (tertiary/aromatic N) is 3. The number of nitrogens with one attached hydrogen (secondary N) is 1. The van der Waals surface area contributed by atoms with E-state index in [-0.39, 0.29) is 12.5 Å². The standard InChI is InChI=1S/C13H25N5O2/c1-3-17(4-2)6-7-18-10-12(9-15-18)16-13(19)11-20-8-5-14/h9-10H,3-8,11,14H2,1-2H3,(H,16,19). The molecular weight excluding hydrogens is 258 g/mol. The lowest BCUT2D eigenvalue weighted by atomic mass is 10.4. The fourth-order valence-electron chi connectivity index (χ4n) is 1.78. The summed E-state index contributed by atoms with van der Waals surface area (Å²) >= 11 is 0. The Balaban J connectivity index is 2.33. The lowest BCUT2D eigenvalue weighted by Gasteiger charge is -2.17. The average molecular weight is 283 g/mol. The molecule has 7 nitrogen and oxygen atoms in total. The zero-order valence-corrected chi connectivity index (χ0v) is 12.3. The molecule has 0 fully saturated rings. The van der Waals surface area contributed by atoms with Crippen molar-refractivity contribution in [2.24, 2.45) is 5.73 Å². The molecule has 0 aliphatic rings. The summed E-state index contributed by atoms with van der Waals surface area (Å²) in [5.41, 5.74) is 5.96. The number of carbonyl (C=O) groups is 1. The smallest absolute Gasteiger partial charge is 0.250 e. The Hall–Kier alpha value is -1.44. The monoisotopic (exact) mass is 283 g/mol. The zero-order chi connectivity index (χ0) is 14.8. The molecule has 7 heteroatoms. The first-order valence-electron chi connectivity index (χ1n) is 7.02. The second-order valence-corrected chi connectivity index (χ2v) is 4.41. The van der Waals surface area contributed by atoms with Crippen molar-refractivity contribution >= 4 is 11.6 Å². The minimum atomic E-state index is -0.193. The van der Waals surface area contributed by atoms with Crippen molar-refractivity contribution in [1.82, 2.24) is 14.7 Å². The summed E-state index contributed by atoms with van der Waals surface area (Å²) < 4.78 is 6.89. The van der Waals surface area contributed by atoms with Crippen LogP contribution in [-0.4, -0.2) is 60.0 Å². The highest BCUT2D eigenvalue weighted by atomic mass is 16.5. The van der Waals surface area contributed by atoms with Gasteiger partial charge in [-0.3, -0.25) is 9.48 Å². The second kappa shape index (κ2) is 9.46. The van der Waals surface area contributed by atoms with E-state index >= 15 is 0 Å². The Bertz CT molecular complexity index is 390. The van der Waals surface area contributed by atoms with Gasteiger partial charge < -0.3 is 20.7 Å². The van der Waals surface area contributed by atoms with E-state index in [9.17, 15) is 4.79 Å². The second-order valence-electron chi connectivity index (χ2n) is 4.41. The van der Waals surface area contributed by atoms with E-state index in [1.165, 1.54) is 0 Å². The summed E-state index contributed by atoms with van der Waals surface area (Å²) in [7, 11) is 0. The number of carbonyl (C=O) groups excluding carboxylic acids is 1. The molecule has 1 heterocycles. The number of nitrogens with two attached hydrogens (primary N) is 1. The Labute approximate surface area is 120 Å². The summed E-state index contributed by atoms with van der Waals surface area (Å²) in [5.74, 6) is -0.193. The van der Waals surface area contributed by atoms with E-state index in [1.54, 1.807) is 6.20 Å². The van der Waals surface area contributed by atoms with Crippen LogP contribution in [0.5, 0.6) is 0 Å². The van der Waals surface area contributed by atoms with Crippen LogP contribution in [0.1, 0.15) is 13.8 Å². The number of hydrogen-bond donors (Lipinski definition) is 2. The SMILES string of the molecule is CCN(CC)CCn1cc(NC(=O)COCCN)cn1. The number of amides is 1. The first kappa shape index (κ1) is 16.6. The van der Waals surface area contributed by atoms with Gasteiger partial charge in [-0.15, -0.1) is 0 Å². The summed E-state index contributed by atoms with van der Waals surface area (Å²) in [6.07, 6.45) is 3.47. The molecule has 0 atom stereocenters. The molecule has 114 valence electrons. The summed E-state index contributed by atoms with van der Waals surface area (Å²) in [6.45, 7) is 8.90. The maximum atomic E-state index is 11.5. The first-order valence-corrected chi connectivity index (χ1v) is 7.02. The molecule has 1 aromatic heterocycles. The molecule has 0 aromatic carbocycles. The first-order chi connectivity index (χ1) is 9.69. The Morgan fingerprint density at radius 1 is 1.50 bits per heavy atom. The number of anilines is 1. The van der Waals surface area contributed by atoms with Gasteiger partial charge in [0.1, 0.15) is 6.61 Å². The van der Waals surface area contributed by atoms with Gasteiger partial charge >= 0.3 is 0 Å². The van der Waals surface area contributed by atoms with Crippen molar-refractivity contribution in [1.29, 1.82) is 0 Å². The van der Waals surface area contributed by atoms with Crippen LogP contribution >= 0.6 is 0 Å². The lowest BCUT2D eigenvalue weighted by molar-refractivity contribution is -0.120. The van der Waals surface area contributed by atoms with Crippen LogP contribution in [0, 0.1) is 0 Å². The largest absolute Gasteiger partial charge is 0.370 e. The van der Waals surface area contributed by atoms with Gasteiger partial charge in [0.2, 0.25) is 5.91 Å². The van der Waals surface area contributed by atoms with Crippen molar-refractivity contribution in [3.63, 3.8) is 0 Å². The molecule has 0 saturated heterocycles. The number of rotatable bonds is 10. The third-order valence-corrected chi connectivity index (χ3v) is 2.95. The summed E-state index contributed by atoms with van der Waals surface area (Å²) in [4.78, 5) is 13.9. The molecule has 0 spiro atoms. The van der Waals surface area contributed by atoms with Crippen LogP contribution in [0.25, 0.3) is 0 Å². The molecular formula is C13H25N5O2. The van der Waals surface area contributed by atoms with Crippen molar-refractivity contribution < 1.29 is 9.53 Å². The van der Waals surface area contributed by atoms with Crippen LogP contribution in [-0.2, 0) is 16.1 Å². The van der Waals surface area contributed by atoms with Crippen LogP contribution in [0.15, 0.2) is 12.4 Å². The van der Waals surface area contributed by atoms with Crippen molar-refractivity contribution in [3.8, 4) is 0 Å². The summed E-state index contributed by atoms with van der Waals surface area (Å²) in [5, 5.41) is 6.96. The van der Waals surface area contributed by atoms with Gasteiger partial charge in [0, 0.05) is 19.3 Å². The van der Waals surface area contributed by atoms with Gasteiger partial charge in [-0.25, -0.2) is 0 Å². The van der Waals surface area contributed by atoms with Crippen molar-refractivity contribution in [3.05, 3.63) is 12.4 Å². The molecule has 0 radical (unpaired) electrons. The van der Waals surface area contributed by atoms with E-state index in [2.05, 4.69) is 29.2 Å². The van der Waals surface area contributed by atoms with Gasteiger partial charge in [0.15, 0.2) is 0 Å². The molecule has 0 unspecified atom stereocenters. The van der Waals surface area contributed by atoms with Gasteiger partial charge in [-0.1, -0.05) is 13.8 Å². The maximum Gasteiger partial charge on any atom is 0.250 e. The van der Waals surface area contributed by atoms with Gasteiger partial charge in [0.25, 0.3) is 0 Å². The van der Waals surface area contributed by atoms with Crippen LogP contribution in [0.2, 0.25) is 0 Å². The van der Waals surface area contributed by atoms with Crippen LogP contribution in [0.3, 0.4) is 0 Å². The van der Waals surface area contributed by atoms with E-state index in [4.69, 9.17) is 10.5 Å². The Morgan fingerprint density at radius 2 is 2.25 bits per heavy atom. The minimum Gasteiger partial charge on any atom is -0.370 e. The maximum absolute atomic E-state index is 11.5. The number of ether oxygens (including phenoxy) is 1. The normalized spacial score (nSPS) is 11.0. The predicted octanol–water partition coefficient (Wildman–Crippen LogP) is 0.139. The summed E-state index contributed by atoms with van der Waals surface area (Å²) in [6, 6.07) is 0. The molecule has 1 rings (SSSR count). The van der Waals surface area contributed by atoms with E-state index in [0.29, 0.717) is 18.8 Å². The topological polar surface area (TPSA) is 85.4 Å². The van der Waals surface area contributed by atoms with Crippen LogP contribution in [0.4, 0.5) is 5.69 Å². The Kier molecular flexibility index (Phi) is 7.86. The number of likely N-dealkylation sites (N-methyl/N-ethyl adjacent to an activating group) is 1. The third kappa shape index (κ3) is 6.14. The lowest BCUT2D eigenvalue weighted by Crippen LogP contribution is -2.27. The average Bonchev–Trinajstić information content (AvgIpc) is 2.88. The fraction of sp³-hybridized carbons (Fsp3) is 0.692. The zero-order valence-electron chi connectivity index (χ0n) is 12.3. The Morgan fingerprint density at radius 3 is 2.90 bits per heavy atom. The minimum absolute atomic E-state index is 0.0157. The highest BCUT2D eigenvalue weighted by Crippen LogP contribution is 2.04. The fourth-order valence-corrected chi connectivity index (χ4v) is 1.78. The quantitative estimate of drug-likeness (QED) is 0.597. The van der Waals surface area contributed by atoms with Gasteiger partial charge in [-0.2, -0.15) is 5.10 Å². The van der Waals surface area contributed by atoms with E-state index in [1.807, 2.05) is 10.9 Å². The number of hydrogen-bond acceptors (Lipinski definition) is 5. The highest BCUT2D eigenvalue weighted by Gasteiger charge is 2.05. The van der Waals surface area contributed by atoms with Crippen molar-refractivity contribution in [2.75, 3.05) is 44.7 Å². The van der Waals surface area contributed by atoms with Gasteiger partial charge in [-0.05, 0) is 13.1 Å². The van der Waals surface area contributed by atoms with Gasteiger partial charge in [0.05, 0.1) is 25.0 Å². The van der Waals surface area contributed by atoms with Crippen molar-refractivity contribution in [2.45, 2.75) is 20.4 Å². The molecule has 0 aliphatic heterocycles.